The molecule has 0 radical (unpaired) electrons. The van der Waals surface area contributed by atoms with Crippen molar-refractivity contribution >= 4 is 5.78 Å². The molecule has 0 N–H and O–H groups in total. The average molecular weight is 245 g/mol. The second-order valence-electron chi connectivity index (χ2n) is 3.22. The number of aryl methyl sites for hydroxylation is 1. The van der Waals surface area contributed by atoms with Crippen LogP contribution in [0.25, 0.3) is 5.82 Å². The van der Waals surface area contributed by atoms with Crippen molar-refractivity contribution in [2.75, 3.05) is 0 Å². The number of carbonyl (C=O) groups is 1. The van der Waals surface area contributed by atoms with Gasteiger partial charge < -0.3 is 0 Å². The van der Waals surface area contributed by atoms with E-state index in [1.54, 1.807) is 13.2 Å². The van der Waals surface area contributed by atoms with Crippen LogP contribution in [0.15, 0.2) is 18.5 Å². The standard InChI is InChI=1S/C8H6F3N5O/c1-15-3-2-6(13-15)16-4-5(12-14-16)7(17)8(9,10)11/h2-4H,1H3. The van der Waals surface area contributed by atoms with E-state index in [1.165, 1.54) is 10.7 Å². The van der Waals surface area contributed by atoms with E-state index in [9.17, 15) is 18.0 Å². The maximum Gasteiger partial charge on any atom is 0.456 e. The molecule has 0 aliphatic carbocycles. The molecule has 0 saturated carbocycles. The van der Waals surface area contributed by atoms with Crippen LogP contribution in [0.1, 0.15) is 10.5 Å². The lowest BCUT2D eigenvalue weighted by molar-refractivity contribution is -0.0888. The van der Waals surface area contributed by atoms with E-state index in [4.69, 9.17) is 0 Å². The highest BCUT2D eigenvalue weighted by Gasteiger charge is 2.41. The monoisotopic (exact) mass is 245 g/mol. The molecule has 90 valence electrons. The number of carbonyl (C=O) groups excluding carboxylic acids is 1. The fourth-order valence-electron chi connectivity index (χ4n) is 1.15. The zero-order valence-corrected chi connectivity index (χ0v) is 8.51. The molecule has 0 bridgehead atoms. The Labute approximate surface area is 92.6 Å². The van der Waals surface area contributed by atoms with Gasteiger partial charge in [-0.2, -0.15) is 23.0 Å². The highest BCUT2D eigenvalue weighted by Crippen LogP contribution is 2.20. The van der Waals surface area contributed by atoms with Crippen LogP contribution in [0.2, 0.25) is 0 Å². The molecule has 17 heavy (non-hydrogen) atoms. The fourth-order valence-corrected chi connectivity index (χ4v) is 1.15. The minimum Gasteiger partial charge on any atom is -0.282 e. The van der Waals surface area contributed by atoms with Crippen molar-refractivity contribution in [3.05, 3.63) is 24.2 Å². The molecule has 0 fully saturated rings. The van der Waals surface area contributed by atoms with Crippen molar-refractivity contribution in [3.8, 4) is 5.82 Å². The van der Waals surface area contributed by atoms with Crippen molar-refractivity contribution in [2.24, 2.45) is 7.05 Å². The summed E-state index contributed by atoms with van der Waals surface area (Å²) in [4.78, 5) is 10.8. The van der Waals surface area contributed by atoms with Gasteiger partial charge in [-0.05, 0) is 0 Å². The van der Waals surface area contributed by atoms with Gasteiger partial charge in [-0.15, -0.1) is 5.10 Å². The molecule has 2 aromatic heterocycles. The molecular weight excluding hydrogens is 239 g/mol. The Morgan fingerprint density at radius 1 is 1.41 bits per heavy atom. The number of hydrogen-bond acceptors (Lipinski definition) is 4. The SMILES string of the molecule is Cn1ccc(-n2cc(C(=O)C(F)(F)F)nn2)n1. The van der Waals surface area contributed by atoms with Crippen molar-refractivity contribution in [1.29, 1.82) is 0 Å². The molecule has 0 aliphatic rings. The number of alkyl halides is 3. The number of ketones is 1. The van der Waals surface area contributed by atoms with E-state index in [-0.39, 0.29) is 5.82 Å². The molecule has 0 atom stereocenters. The summed E-state index contributed by atoms with van der Waals surface area (Å²) in [5.74, 6) is -1.75. The van der Waals surface area contributed by atoms with Crippen LogP contribution in [-0.2, 0) is 7.05 Å². The summed E-state index contributed by atoms with van der Waals surface area (Å²) in [6.07, 6.45) is -2.48. The van der Waals surface area contributed by atoms with Gasteiger partial charge in [-0.25, -0.2) is 0 Å². The third kappa shape index (κ3) is 2.17. The van der Waals surface area contributed by atoms with Gasteiger partial charge in [0.2, 0.25) is 0 Å². The number of hydrogen-bond donors (Lipinski definition) is 0. The van der Waals surface area contributed by atoms with Crippen molar-refractivity contribution < 1.29 is 18.0 Å². The highest BCUT2D eigenvalue weighted by atomic mass is 19.4. The number of Topliss-reactive ketones (excluding diaryl/α,β-unsaturated/α-hetero) is 1. The quantitative estimate of drug-likeness (QED) is 0.732. The first kappa shape index (κ1) is 11.3. The van der Waals surface area contributed by atoms with E-state index in [0.29, 0.717) is 0 Å². The molecule has 2 heterocycles. The first-order valence-electron chi connectivity index (χ1n) is 4.42. The average Bonchev–Trinajstić information content (AvgIpc) is 2.83. The summed E-state index contributed by atoms with van der Waals surface area (Å²) >= 11 is 0. The van der Waals surface area contributed by atoms with E-state index < -0.39 is 17.7 Å². The van der Waals surface area contributed by atoms with Crippen LogP contribution in [0.4, 0.5) is 13.2 Å². The molecule has 0 aromatic carbocycles. The molecule has 2 aromatic rings. The molecule has 0 aliphatic heterocycles. The fraction of sp³-hybridized carbons (Fsp3) is 0.250. The van der Waals surface area contributed by atoms with Gasteiger partial charge in [0.1, 0.15) is 0 Å². The highest BCUT2D eigenvalue weighted by molar-refractivity contribution is 5.98. The summed E-state index contributed by atoms with van der Waals surface area (Å²) in [5, 5.41) is 10.5. The number of halogens is 3. The van der Waals surface area contributed by atoms with Crippen LogP contribution in [0.3, 0.4) is 0 Å². The van der Waals surface area contributed by atoms with E-state index >= 15 is 0 Å². The second-order valence-corrected chi connectivity index (χ2v) is 3.22. The molecule has 0 spiro atoms. The number of rotatable bonds is 2. The minimum absolute atomic E-state index is 0.279. The summed E-state index contributed by atoms with van der Waals surface area (Å²) in [7, 11) is 1.64. The Bertz CT molecular complexity index is 556. The smallest absolute Gasteiger partial charge is 0.282 e. The Hall–Kier alpha value is -2.19. The predicted molar refractivity (Wildman–Crippen MR) is 48.5 cm³/mol. The summed E-state index contributed by atoms with van der Waals surface area (Å²) < 4.78 is 38.8. The summed E-state index contributed by atoms with van der Waals surface area (Å²) in [5.41, 5.74) is -0.761. The molecule has 0 unspecified atom stereocenters. The lowest BCUT2D eigenvalue weighted by atomic mass is 10.3. The number of nitrogens with zero attached hydrogens (tertiary/aromatic N) is 5. The number of aromatic nitrogens is 5. The second kappa shape index (κ2) is 3.68. The molecule has 0 amide bonds. The van der Waals surface area contributed by atoms with Gasteiger partial charge in [0.25, 0.3) is 5.78 Å². The zero-order valence-electron chi connectivity index (χ0n) is 8.51. The molecule has 6 nitrogen and oxygen atoms in total. The predicted octanol–water partition coefficient (Wildman–Crippen LogP) is 0.746. The summed E-state index contributed by atoms with van der Waals surface area (Å²) in [6.45, 7) is 0. The maximum absolute atomic E-state index is 12.1. The third-order valence-electron chi connectivity index (χ3n) is 1.92. The van der Waals surface area contributed by atoms with Gasteiger partial charge in [-0.1, -0.05) is 5.21 Å². The van der Waals surface area contributed by atoms with Gasteiger partial charge in [0.05, 0.1) is 6.20 Å². The van der Waals surface area contributed by atoms with Crippen LogP contribution in [0, 0.1) is 0 Å². The molecule has 9 heteroatoms. The van der Waals surface area contributed by atoms with Crippen LogP contribution >= 0.6 is 0 Å². The minimum atomic E-state index is -4.95. The topological polar surface area (TPSA) is 65.6 Å². The van der Waals surface area contributed by atoms with E-state index in [2.05, 4.69) is 15.4 Å². The van der Waals surface area contributed by atoms with Gasteiger partial charge in [-0.3, -0.25) is 9.48 Å². The lowest BCUT2D eigenvalue weighted by Gasteiger charge is -1.99. The Morgan fingerprint density at radius 2 is 2.12 bits per heavy atom. The molecular formula is C8H6F3N5O. The van der Waals surface area contributed by atoms with Gasteiger partial charge in [0, 0.05) is 19.3 Å². The first-order valence-corrected chi connectivity index (χ1v) is 4.42. The largest absolute Gasteiger partial charge is 0.456 e. The van der Waals surface area contributed by atoms with Crippen molar-refractivity contribution in [1.82, 2.24) is 24.8 Å². The van der Waals surface area contributed by atoms with Crippen LogP contribution in [-0.4, -0.2) is 36.7 Å². The van der Waals surface area contributed by atoms with Crippen molar-refractivity contribution in [2.45, 2.75) is 6.18 Å². The van der Waals surface area contributed by atoms with Gasteiger partial charge in [0.15, 0.2) is 11.5 Å². The van der Waals surface area contributed by atoms with Crippen LogP contribution < -0.4 is 0 Å². The normalized spacial score (nSPS) is 11.8. The molecule has 2 rings (SSSR count). The molecule has 0 saturated heterocycles. The lowest BCUT2D eigenvalue weighted by Crippen LogP contribution is -2.23. The summed E-state index contributed by atoms with van der Waals surface area (Å²) in [6, 6.07) is 1.52. The Morgan fingerprint density at radius 3 is 2.65 bits per heavy atom. The third-order valence-corrected chi connectivity index (χ3v) is 1.92. The Kier molecular flexibility index (Phi) is 2.45. The maximum atomic E-state index is 12.1. The van der Waals surface area contributed by atoms with E-state index in [0.717, 1.165) is 10.9 Å². The van der Waals surface area contributed by atoms with Gasteiger partial charge >= 0.3 is 6.18 Å². The zero-order chi connectivity index (χ0) is 12.6. The van der Waals surface area contributed by atoms with Crippen molar-refractivity contribution in [3.63, 3.8) is 0 Å². The van der Waals surface area contributed by atoms with E-state index in [1.807, 2.05) is 0 Å². The first-order chi connectivity index (χ1) is 7.88. The Balaban J connectivity index is 2.31. The van der Waals surface area contributed by atoms with Crippen LogP contribution in [0.5, 0.6) is 0 Å².